The maximum Gasteiger partial charge on any atom is 0.306 e. The zero-order valence-corrected chi connectivity index (χ0v) is 21.8. The van der Waals surface area contributed by atoms with Crippen molar-refractivity contribution in [2.24, 2.45) is 0 Å². The molecule has 0 rings (SSSR count). The largest absolute Gasteiger partial charge is 0.466 e. The number of unbranched alkanes of at least 4 members (excludes halogenated alkanes) is 15. The van der Waals surface area contributed by atoms with Crippen molar-refractivity contribution in [3.63, 3.8) is 0 Å². The van der Waals surface area contributed by atoms with Gasteiger partial charge in [-0.05, 0) is 32.6 Å². The summed E-state index contributed by atoms with van der Waals surface area (Å²) in [5.74, 6) is -0.391. The summed E-state index contributed by atoms with van der Waals surface area (Å²) >= 11 is 0. The third kappa shape index (κ3) is 23.6. The van der Waals surface area contributed by atoms with Gasteiger partial charge < -0.3 is 9.47 Å². The second-order valence-corrected chi connectivity index (χ2v) is 9.47. The number of hydrogen-bond donors (Lipinski definition) is 0. The molecule has 0 bridgehead atoms. The van der Waals surface area contributed by atoms with Crippen molar-refractivity contribution >= 4 is 11.9 Å². The molecule has 0 aliphatic rings. The van der Waals surface area contributed by atoms with Crippen molar-refractivity contribution in [1.82, 2.24) is 0 Å². The summed E-state index contributed by atoms with van der Waals surface area (Å²) < 4.78 is 10.7. The molecule has 0 aromatic rings. The van der Waals surface area contributed by atoms with Gasteiger partial charge in [-0.3, -0.25) is 9.59 Å². The van der Waals surface area contributed by atoms with Crippen LogP contribution in [-0.4, -0.2) is 24.6 Å². The zero-order valence-electron chi connectivity index (χ0n) is 21.8. The van der Waals surface area contributed by atoms with E-state index in [2.05, 4.69) is 13.8 Å². The molecule has 1 atom stereocenters. The summed E-state index contributed by atoms with van der Waals surface area (Å²) in [6.45, 7) is 6.88. The van der Waals surface area contributed by atoms with E-state index < -0.39 is 0 Å². The summed E-state index contributed by atoms with van der Waals surface area (Å²) in [5, 5.41) is 0. The lowest BCUT2D eigenvalue weighted by Crippen LogP contribution is -2.15. The summed E-state index contributed by atoms with van der Waals surface area (Å²) in [5.41, 5.74) is 0. The number of esters is 2. The third-order valence-electron chi connectivity index (χ3n) is 6.07. The Balaban J connectivity index is 3.33. The van der Waals surface area contributed by atoms with Crippen LogP contribution in [0, 0.1) is 0 Å². The summed E-state index contributed by atoms with van der Waals surface area (Å²) in [6, 6.07) is 0. The van der Waals surface area contributed by atoms with E-state index in [0.717, 1.165) is 25.7 Å². The van der Waals surface area contributed by atoms with E-state index in [-0.39, 0.29) is 18.0 Å². The molecule has 1 unspecified atom stereocenters. The van der Waals surface area contributed by atoms with Gasteiger partial charge in [0, 0.05) is 12.8 Å². The Morgan fingerprint density at radius 2 is 1.00 bits per heavy atom. The van der Waals surface area contributed by atoms with Crippen LogP contribution in [0.1, 0.15) is 156 Å². The van der Waals surface area contributed by atoms with E-state index in [9.17, 15) is 9.59 Å². The van der Waals surface area contributed by atoms with E-state index in [4.69, 9.17) is 9.47 Å². The predicted octanol–water partition coefficient (Wildman–Crippen LogP) is 8.69. The number of hydrogen-bond acceptors (Lipinski definition) is 4. The van der Waals surface area contributed by atoms with Gasteiger partial charge in [0.15, 0.2) is 0 Å². The van der Waals surface area contributed by atoms with Crippen LogP contribution in [-0.2, 0) is 19.1 Å². The molecular formula is C28H54O4. The Morgan fingerprint density at radius 3 is 1.53 bits per heavy atom. The quantitative estimate of drug-likeness (QED) is 0.108. The lowest BCUT2D eigenvalue weighted by Gasteiger charge is -2.12. The maximum absolute atomic E-state index is 11.8. The van der Waals surface area contributed by atoms with Crippen LogP contribution in [0.3, 0.4) is 0 Å². The summed E-state index contributed by atoms with van der Waals surface area (Å²) in [7, 11) is 0. The smallest absolute Gasteiger partial charge is 0.306 e. The first kappa shape index (κ1) is 30.9. The predicted molar refractivity (Wildman–Crippen MR) is 135 cm³/mol. The van der Waals surface area contributed by atoms with Crippen molar-refractivity contribution in [3.8, 4) is 0 Å². The zero-order chi connectivity index (χ0) is 23.7. The van der Waals surface area contributed by atoms with Crippen LogP contribution in [0.4, 0.5) is 0 Å². The third-order valence-corrected chi connectivity index (χ3v) is 6.07. The molecule has 0 heterocycles. The molecule has 0 aromatic heterocycles. The van der Waals surface area contributed by atoms with Crippen LogP contribution in [0.15, 0.2) is 0 Å². The molecule has 0 amide bonds. The molecule has 32 heavy (non-hydrogen) atoms. The lowest BCUT2D eigenvalue weighted by atomic mass is 10.0. The van der Waals surface area contributed by atoms with Gasteiger partial charge in [0.05, 0.1) is 12.7 Å². The minimum absolute atomic E-state index is 0.0266. The highest BCUT2D eigenvalue weighted by atomic mass is 16.5. The molecule has 4 nitrogen and oxygen atoms in total. The number of carbonyl (C=O) groups excluding carboxylic acids is 2. The summed E-state index contributed by atoms with van der Waals surface area (Å²) in [6.07, 6.45) is 23.9. The van der Waals surface area contributed by atoms with E-state index >= 15 is 0 Å². The monoisotopic (exact) mass is 454 g/mol. The fraction of sp³-hybridized carbons (Fsp3) is 0.929. The average molecular weight is 455 g/mol. The van der Waals surface area contributed by atoms with Crippen molar-refractivity contribution < 1.29 is 19.1 Å². The Kier molecular flexibility index (Phi) is 23.8. The second kappa shape index (κ2) is 24.6. The minimum Gasteiger partial charge on any atom is -0.466 e. The average Bonchev–Trinajstić information content (AvgIpc) is 2.76. The SMILES string of the molecule is CCCCCCCCCCCCCCCCOC(=O)CCCC(=O)OC(C)CCCCC. The standard InChI is InChI=1S/C28H54O4/c1-4-6-8-9-10-11-12-13-14-15-16-17-18-20-25-31-27(29)23-21-24-28(30)32-26(3)22-19-7-5-2/h26H,4-25H2,1-3H3. The van der Waals surface area contributed by atoms with Gasteiger partial charge >= 0.3 is 11.9 Å². The first-order valence-corrected chi connectivity index (χ1v) is 13.9. The topological polar surface area (TPSA) is 52.6 Å². The van der Waals surface area contributed by atoms with Crippen LogP contribution in [0.25, 0.3) is 0 Å². The Morgan fingerprint density at radius 1 is 0.562 bits per heavy atom. The first-order chi connectivity index (χ1) is 15.6. The van der Waals surface area contributed by atoms with Gasteiger partial charge in [-0.25, -0.2) is 0 Å². The normalized spacial score (nSPS) is 12.0. The Bertz CT molecular complexity index is 422. The molecule has 0 aliphatic heterocycles. The maximum atomic E-state index is 11.8. The molecule has 0 radical (unpaired) electrons. The summed E-state index contributed by atoms with van der Waals surface area (Å²) in [4.78, 5) is 23.6. The van der Waals surface area contributed by atoms with E-state index in [1.165, 1.54) is 89.9 Å². The lowest BCUT2D eigenvalue weighted by molar-refractivity contribution is -0.149. The van der Waals surface area contributed by atoms with Crippen LogP contribution in [0.2, 0.25) is 0 Å². The molecule has 0 spiro atoms. The van der Waals surface area contributed by atoms with Gasteiger partial charge in [0.25, 0.3) is 0 Å². The Hall–Kier alpha value is -1.06. The molecule has 0 aromatic carbocycles. The fourth-order valence-electron chi connectivity index (χ4n) is 3.96. The van der Waals surface area contributed by atoms with Crippen molar-refractivity contribution in [2.75, 3.05) is 6.61 Å². The van der Waals surface area contributed by atoms with Gasteiger partial charge in [0.2, 0.25) is 0 Å². The molecule has 0 saturated heterocycles. The van der Waals surface area contributed by atoms with E-state index in [1.807, 2.05) is 6.92 Å². The minimum atomic E-state index is -0.200. The molecule has 0 fully saturated rings. The van der Waals surface area contributed by atoms with Crippen molar-refractivity contribution in [3.05, 3.63) is 0 Å². The van der Waals surface area contributed by atoms with E-state index in [1.54, 1.807) is 0 Å². The molecule has 0 aliphatic carbocycles. The van der Waals surface area contributed by atoms with Crippen LogP contribution < -0.4 is 0 Å². The molecule has 0 saturated carbocycles. The van der Waals surface area contributed by atoms with Crippen LogP contribution in [0.5, 0.6) is 0 Å². The van der Waals surface area contributed by atoms with Gasteiger partial charge in [-0.1, -0.05) is 110 Å². The molecule has 0 N–H and O–H groups in total. The van der Waals surface area contributed by atoms with Gasteiger partial charge in [-0.2, -0.15) is 0 Å². The van der Waals surface area contributed by atoms with Crippen LogP contribution >= 0.6 is 0 Å². The first-order valence-electron chi connectivity index (χ1n) is 13.9. The molecular weight excluding hydrogens is 400 g/mol. The van der Waals surface area contributed by atoms with Gasteiger partial charge in [-0.15, -0.1) is 0 Å². The second-order valence-electron chi connectivity index (χ2n) is 9.47. The highest BCUT2D eigenvalue weighted by molar-refractivity contribution is 5.72. The van der Waals surface area contributed by atoms with Crippen molar-refractivity contribution in [1.29, 1.82) is 0 Å². The number of carbonyl (C=O) groups is 2. The number of ether oxygens (including phenoxy) is 2. The van der Waals surface area contributed by atoms with Gasteiger partial charge in [0.1, 0.15) is 0 Å². The number of rotatable bonds is 24. The molecule has 4 heteroatoms. The fourth-order valence-corrected chi connectivity index (χ4v) is 3.96. The van der Waals surface area contributed by atoms with Crippen molar-refractivity contribution in [2.45, 2.75) is 162 Å². The van der Waals surface area contributed by atoms with E-state index in [0.29, 0.717) is 25.9 Å². The Labute approximate surface area is 199 Å². The molecule has 190 valence electrons. The highest BCUT2D eigenvalue weighted by Gasteiger charge is 2.11. The highest BCUT2D eigenvalue weighted by Crippen LogP contribution is 2.13.